The molecule has 8 heteroatoms. The molecule has 0 saturated carbocycles. The molecule has 2 rings (SSSR count). The van der Waals surface area contributed by atoms with Crippen molar-refractivity contribution >= 4 is 11.8 Å². The van der Waals surface area contributed by atoms with E-state index in [0.29, 0.717) is 13.1 Å². The number of H-pyrrole nitrogens is 2. The normalized spacial score (nSPS) is 20.5. The Bertz CT molecular complexity index is 693. The van der Waals surface area contributed by atoms with Gasteiger partial charge in [0.1, 0.15) is 0 Å². The van der Waals surface area contributed by atoms with Crippen molar-refractivity contribution in [2.45, 2.75) is 39.2 Å². The first kappa shape index (κ1) is 17.0. The number of likely N-dealkylation sites (tertiary alicyclic amines) is 1. The van der Waals surface area contributed by atoms with E-state index in [0.717, 1.165) is 12.8 Å². The van der Waals surface area contributed by atoms with Crippen molar-refractivity contribution in [2.75, 3.05) is 13.1 Å². The highest BCUT2D eigenvalue weighted by atomic mass is 16.2. The quantitative estimate of drug-likeness (QED) is 0.669. The summed E-state index contributed by atoms with van der Waals surface area (Å²) in [5.41, 5.74) is -0.921. The molecule has 1 aromatic rings. The molecule has 0 spiro atoms. The molecule has 23 heavy (non-hydrogen) atoms. The number of rotatable bonds is 5. The number of hydrogen-bond acceptors (Lipinski definition) is 4. The number of amides is 2. The Morgan fingerprint density at radius 2 is 2.09 bits per heavy atom. The van der Waals surface area contributed by atoms with E-state index in [4.69, 9.17) is 0 Å². The van der Waals surface area contributed by atoms with Gasteiger partial charge in [-0.1, -0.05) is 13.3 Å². The predicted octanol–water partition coefficient (Wildman–Crippen LogP) is -0.631. The van der Waals surface area contributed by atoms with Gasteiger partial charge in [0, 0.05) is 31.8 Å². The zero-order valence-electron chi connectivity index (χ0n) is 13.3. The van der Waals surface area contributed by atoms with Gasteiger partial charge in [-0.3, -0.25) is 19.4 Å². The summed E-state index contributed by atoms with van der Waals surface area (Å²) in [6, 6.07) is -0.0507. The lowest BCUT2D eigenvalue weighted by atomic mass is 9.98. The van der Waals surface area contributed by atoms with Crippen LogP contribution in [0.25, 0.3) is 0 Å². The highest BCUT2D eigenvalue weighted by molar-refractivity contribution is 5.79. The second kappa shape index (κ2) is 7.26. The van der Waals surface area contributed by atoms with Gasteiger partial charge in [0.25, 0.3) is 5.56 Å². The van der Waals surface area contributed by atoms with Crippen LogP contribution in [0.2, 0.25) is 0 Å². The second-order valence-corrected chi connectivity index (χ2v) is 5.93. The maximum Gasteiger partial charge on any atom is 0.325 e. The fourth-order valence-electron chi connectivity index (χ4n) is 3.01. The Morgan fingerprint density at radius 1 is 1.35 bits per heavy atom. The van der Waals surface area contributed by atoms with Gasteiger partial charge in [-0.15, -0.1) is 0 Å². The summed E-state index contributed by atoms with van der Waals surface area (Å²) in [5, 5.41) is 2.90. The molecule has 0 unspecified atom stereocenters. The fraction of sp³-hybridized carbons (Fsp3) is 0.600. The van der Waals surface area contributed by atoms with Gasteiger partial charge in [0.15, 0.2) is 0 Å². The summed E-state index contributed by atoms with van der Waals surface area (Å²) in [6.07, 6.45) is 3.10. The average Bonchev–Trinajstić information content (AvgIpc) is 2.85. The van der Waals surface area contributed by atoms with Crippen molar-refractivity contribution in [3.05, 3.63) is 32.6 Å². The highest BCUT2D eigenvalue weighted by Gasteiger charge is 2.35. The van der Waals surface area contributed by atoms with Crippen molar-refractivity contribution in [2.24, 2.45) is 5.92 Å². The molecule has 0 aromatic carbocycles. The molecule has 0 bridgehead atoms. The Hall–Kier alpha value is -2.38. The summed E-state index contributed by atoms with van der Waals surface area (Å²) in [4.78, 5) is 52.5. The summed E-state index contributed by atoms with van der Waals surface area (Å²) in [5.74, 6) is -0.0688. The minimum atomic E-state index is -0.596. The molecule has 1 aliphatic rings. The van der Waals surface area contributed by atoms with Crippen LogP contribution in [-0.4, -0.2) is 45.8 Å². The Balaban J connectivity index is 2.06. The summed E-state index contributed by atoms with van der Waals surface area (Å²) < 4.78 is 0. The maximum absolute atomic E-state index is 12.4. The first-order valence-electron chi connectivity index (χ1n) is 7.76. The van der Waals surface area contributed by atoms with Gasteiger partial charge < -0.3 is 15.2 Å². The lowest BCUT2D eigenvalue weighted by molar-refractivity contribution is -0.130. The lowest BCUT2D eigenvalue weighted by Crippen LogP contribution is -2.40. The van der Waals surface area contributed by atoms with E-state index in [-0.39, 0.29) is 35.8 Å². The minimum Gasteiger partial charge on any atom is -0.351 e. The van der Waals surface area contributed by atoms with Crippen LogP contribution in [-0.2, 0) is 16.0 Å². The first-order valence-corrected chi connectivity index (χ1v) is 7.76. The van der Waals surface area contributed by atoms with Crippen LogP contribution in [0.5, 0.6) is 0 Å². The van der Waals surface area contributed by atoms with Crippen molar-refractivity contribution in [3.63, 3.8) is 0 Å². The highest BCUT2D eigenvalue weighted by Crippen LogP contribution is 2.22. The molecular weight excluding hydrogens is 300 g/mol. The van der Waals surface area contributed by atoms with Crippen LogP contribution in [0.1, 0.15) is 32.3 Å². The molecule has 1 aliphatic heterocycles. The molecule has 3 N–H and O–H groups in total. The van der Waals surface area contributed by atoms with Gasteiger partial charge in [-0.25, -0.2) is 4.79 Å². The Kier molecular flexibility index (Phi) is 5.36. The van der Waals surface area contributed by atoms with Gasteiger partial charge in [-0.2, -0.15) is 0 Å². The fourth-order valence-corrected chi connectivity index (χ4v) is 3.01. The molecule has 2 amide bonds. The van der Waals surface area contributed by atoms with Crippen molar-refractivity contribution in [1.82, 2.24) is 20.2 Å². The molecule has 1 aromatic heterocycles. The average molecular weight is 322 g/mol. The molecule has 0 radical (unpaired) electrons. The third kappa shape index (κ3) is 4.30. The minimum absolute atomic E-state index is 0.0507. The van der Waals surface area contributed by atoms with Crippen LogP contribution < -0.4 is 16.6 Å². The van der Waals surface area contributed by atoms with Crippen LogP contribution in [0.4, 0.5) is 0 Å². The van der Waals surface area contributed by atoms with Crippen molar-refractivity contribution in [1.29, 1.82) is 0 Å². The topological polar surface area (TPSA) is 115 Å². The second-order valence-electron chi connectivity index (χ2n) is 5.93. The van der Waals surface area contributed by atoms with E-state index >= 15 is 0 Å². The van der Waals surface area contributed by atoms with Crippen molar-refractivity contribution in [3.8, 4) is 0 Å². The zero-order chi connectivity index (χ0) is 17.0. The van der Waals surface area contributed by atoms with Crippen LogP contribution in [0.3, 0.4) is 0 Å². The molecule has 2 atom stereocenters. The Labute approximate surface area is 133 Å². The lowest BCUT2D eigenvalue weighted by Gasteiger charge is -2.17. The number of nitrogens with zero attached hydrogens (tertiary/aromatic N) is 1. The number of carbonyl (C=O) groups is 2. The van der Waals surface area contributed by atoms with Crippen LogP contribution >= 0.6 is 0 Å². The van der Waals surface area contributed by atoms with Crippen LogP contribution in [0, 0.1) is 5.92 Å². The number of carbonyl (C=O) groups excluding carboxylic acids is 2. The van der Waals surface area contributed by atoms with E-state index in [1.165, 1.54) is 13.1 Å². The van der Waals surface area contributed by atoms with E-state index < -0.39 is 11.2 Å². The summed E-state index contributed by atoms with van der Waals surface area (Å²) in [7, 11) is 0. The standard InChI is InChI=1S/C15H22N4O4/c1-3-4-10-7-19(8-12(10)17-9(2)20)13(21)5-11-6-16-15(23)18-14(11)22/h6,10,12H,3-5,7-8H2,1-2H3,(H,17,20)(H2,16,18,22,23)/t10-,12-/m1/s1. The largest absolute Gasteiger partial charge is 0.351 e. The van der Waals surface area contributed by atoms with Gasteiger partial charge >= 0.3 is 5.69 Å². The van der Waals surface area contributed by atoms with Crippen molar-refractivity contribution < 1.29 is 9.59 Å². The Morgan fingerprint density at radius 3 is 2.70 bits per heavy atom. The molecule has 0 aliphatic carbocycles. The van der Waals surface area contributed by atoms with Gasteiger partial charge in [0.05, 0.1) is 12.5 Å². The van der Waals surface area contributed by atoms with E-state index in [1.54, 1.807) is 4.90 Å². The summed E-state index contributed by atoms with van der Waals surface area (Å²) in [6.45, 7) is 4.55. The first-order chi connectivity index (χ1) is 10.9. The molecule has 2 heterocycles. The smallest absolute Gasteiger partial charge is 0.325 e. The van der Waals surface area contributed by atoms with E-state index in [1.807, 2.05) is 0 Å². The molecule has 1 saturated heterocycles. The van der Waals surface area contributed by atoms with Crippen LogP contribution in [0.15, 0.2) is 15.8 Å². The number of nitrogens with one attached hydrogen (secondary N) is 3. The molecule has 8 nitrogen and oxygen atoms in total. The number of hydrogen-bond donors (Lipinski definition) is 3. The predicted molar refractivity (Wildman–Crippen MR) is 84.0 cm³/mol. The third-order valence-electron chi connectivity index (χ3n) is 4.08. The van der Waals surface area contributed by atoms with Gasteiger partial charge in [0.2, 0.25) is 11.8 Å². The number of aromatic amines is 2. The van der Waals surface area contributed by atoms with Gasteiger partial charge in [-0.05, 0) is 12.3 Å². The number of aromatic nitrogens is 2. The summed E-state index contributed by atoms with van der Waals surface area (Å²) >= 11 is 0. The molecule has 126 valence electrons. The molecule has 1 fully saturated rings. The van der Waals surface area contributed by atoms with E-state index in [2.05, 4.69) is 22.2 Å². The maximum atomic E-state index is 12.4. The third-order valence-corrected chi connectivity index (χ3v) is 4.08. The van der Waals surface area contributed by atoms with E-state index in [9.17, 15) is 19.2 Å². The molecular formula is C15H22N4O4. The monoisotopic (exact) mass is 322 g/mol. The zero-order valence-corrected chi connectivity index (χ0v) is 13.3. The SMILES string of the molecule is CCC[C@@H]1CN(C(=O)Cc2c[nH]c(=O)[nH]c2=O)C[C@H]1NC(C)=O.